The monoisotopic (exact) mass is 306 g/mol. The zero-order chi connectivity index (χ0) is 17.0. The summed E-state index contributed by atoms with van der Waals surface area (Å²) in [5, 5.41) is 18.0. The third kappa shape index (κ3) is 3.41. The van der Waals surface area contributed by atoms with Crippen molar-refractivity contribution in [3.8, 4) is 18.0 Å². The fraction of sp³-hybridized carbons (Fsp3) is 0.278. The van der Waals surface area contributed by atoms with Gasteiger partial charge < -0.3 is 9.64 Å². The third-order valence-corrected chi connectivity index (χ3v) is 3.45. The Bertz CT molecular complexity index is 775. The molecule has 0 radical (unpaired) electrons. The molecule has 0 unspecified atom stereocenters. The van der Waals surface area contributed by atoms with Crippen molar-refractivity contribution in [2.75, 3.05) is 6.54 Å². The van der Waals surface area contributed by atoms with Gasteiger partial charge in [0.25, 0.3) is 0 Å². The standard InChI is InChI=1S/C18H18N4O/c1-5-8-22(13(2)21-12-20)16-10-18(3,4)23-17-7-6-14(11-19)9-15(16)17/h5-7,9-10H,1,8H2,2-4H3/b21-13+. The van der Waals surface area contributed by atoms with Gasteiger partial charge in [-0.25, -0.2) is 0 Å². The van der Waals surface area contributed by atoms with Crippen LogP contribution in [0.25, 0.3) is 5.70 Å². The number of ether oxygens (including phenoxy) is 1. The molecular formula is C18H18N4O. The number of rotatable bonds is 3. The minimum atomic E-state index is -0.511. The Labute approximate surface area is 136 Å². The summed E-state index contributed by atoms with van der Waals surface area (Å²) in [5.74, 6) is 1.26. The maximum Gasteiger partial charge on any atom is 0.207 e. The molecule has 116 valence electrons. The molecular weight excluding hydrogens is 288 g/mol. The fourth-order valence-electron chi connectivity index (χ4n) is 2.50. The fourth-order valence-corrected chi connectivity index (χ4v) is 2.50. The van der Waals surface area contributed by atoms with Crippen molar-refractivity contribution in [2.45, 2.75) is 26.4 Å². The number of fused-ring (bicyclic) bond motifs is 1. The number of nitrogens with zero attached hydrogens (tertiary/aromatic N) is 4. The first-order valence-corrected chi connectivity index (χ1v) is 7.20. The summed E-state index contributed by atoms with van der Waals surface area (Å²) in [4.78, 5) is 5.73. The van der Waals surface area contributed by atoms with Crippen molar-refractivity contribution >= 4 is 11.5 Å². The maximum atomic E-state index is 9.16. The lowest BCUT2D eigenvalue weighted by molar-refractivity contribution is 0.156. The number of amidine groups is 1. The molecule has 1 aliphatic heterocycles. The van der Waals surface area contributed by atoms with Crippen molar-refractivity contribution in [2.24, 2.45) is 4.99 Å². The molecule has 0 spiro atoms. The number of benzene rings is 1. The van der Waals surface area contributed by atoms with Crippen LogP contribution >= 0.6 is 0 Å². The molecule has 1 aromatic carbocycles. The van der Waals surface area contributed by atoms with E-state index in [0.29, 0.717) is 23.7 Å². The van der Waals surface area contributed by atoms with E-state index < -0.39 is 5.60 Å². The van der Waals surface area contributed by atoms with Gasteiger partial charge in [-0.2, -0.15) is 15.5 Å². The highest BCUT2D eigenvalue weighted by molar-refractivity contribution is 5.91. The van der Waals surface area contributed by atoms with Gasteiger partial charge in [0.05, 0.1) is 17.3 Å². The van der Waals surface area contributed by atoms with E-state index in [9.17, 15) is 0 Å². The molecule has 5 nitrogen and oxygen atoms in total. The van der Waals surface area contributed by atoms with E-state index in [1.54, 1.807) is 31.2 Å². The second kappa shape index (κ2) is 6.37. The Morgan fingerprint density at radius 1 is 1.43 bits per heavy atom. The molecule has 1 aromatic rings. The van der Waals surface area contributed by atoms with Crippen LogP contribution in [0.4, 0.5) is 0 Å². The van der Waals surface area contributed by atoms with Crippen molar-refractivity contribution in [3.63, 3.8) is 0 Å². The maximum absolute atomic E-state index is 9.16. The van der Waals surface area contributed by atoms with E-state index in [1.807, 2.05) is 31.0 Å². The minimum Gasteiger partial charge on any atom is -0.483 e. The van der Waals surface area contributed by atoms with E-state index in [-0.39, 0.29) is 0 Å². The van der Waals surface area contributed by atoms with Crippen LogP contribution in [0.15, 0.2) is 41.9 Å². The molecule has 5 heteroatoms. The van der Waals surface area contributed by atoms with Gasteiger partial charge in [-0.15, -0.1) is 6.58 Å². The zero-order valence-electron chi connectivity index (χ0n) is 13.5. The zero-order valence-corrected chi connectivity index (χ0v) is 13.5. The number of nitriles is 2. The lowest BCUT2D eigenvalue weighted by Gasteiger charge is -2.35. The Balaban J connectivity index is 2.65. The molecule has 0 atom stereocenters. The van der Waals surface area contributed by atoms with Gasteiger partial charge in [-0.3, -0.25) is 0 Å². The molecule has 0 bridgehead atoms. The van der Waals surface area contributed by atoms with Crippen molar-refractivity contribution in [1.29, 1.82) is 10.5 Å². The van der Waals surface area contributed by atoms with E-state index in [1.165, 1.54) is 0 Å². The summed E-state index contributed by atoms with van der Waals surface area (Å²) in [5.41, 5.74) is 1.69. The lowest BCUT2D eigenvalue weighted by atomic mass is 9.96. The summed E-state index contributed by atoms with van der Waals surface area (Å²) < 4.78 is 5.97. The minimum absolute atomic E-state index is 0.495. The summed E-state index contributed by atoms with van der Waals surface area (Å²) in [6, 6.07) is 7.45. The smallest absolute Gasteiger partial charge is 0.207 e. The van der Waals surface area contributed by atoms with Crippen LogP contribution in [0, 0.1) is 22.8 Å². The van der Waals surface area contributed by atoms with E-state index in [2.05, 4.69) is 17.6 Å². The molecule has 0 N–H and O–H groups in total. The molecule has 1 heterocycles. The molecule has 0 fully saturated rings. The molecule has 0 saturated carbocycles. The van der Waals surface area contributed by atoms with Crippen LogP contribution in [0.5, 0.6) is 5.75 Å². The molecule has 0 aromatic heterocycles. The summed E-state index contributed by atoms with van der Waals surface area (Å²) in [6.45, 7) is 9.95. The van der Waals surface area contributed by atoms with Crippen LogP contribution in [0.2, 0.25) is 0 Å². The highest BCUT2D eigenvalue weighted by atomic mass is 16.5. The first-order chi connectivity index (χ1) is 10.9. The lowest BCUT2D eigenvalue weighted by Crippen LogP contribution is -2.35. The van der Waals surface area contributed by atoms with Gasteiger partial charge in [0.2, 0.25) is 6.19 Å². The Morgan fingerprint density at radius 2 is 2.17 bits per heavy atom. The molecule has 2 rings (SSSR count). The van der Waals surface area contributed by atoms with Crippen molar-refractivity contribution in [1.82, 2.24) is 4.90 Å². The molecule has 23 heavy (non-hydrogen) atoms. The van der Waals surface area contributed by atoms with Crippen LogP contribution < -0.4 is 4.74 Å². The molecule has 0 amide bonds. The summed E-state index contributed by atoms with van der Waals surface area (Å²) >= 11 is 0. The number of hydrogen-bond acceptors (Lipinski definition) is 4. The van der Waals surface area contributed by atoms with Crippen molar-refractivity contribution < 1.29 is 4.74 Å². The predicted octanol–water partition coefficient (Wildman–Crippen LogP) is 3.46. The van der Waals surface area contributed by atoms with E-state index in [0.717, 1.165) is 11.3 Å². The summed E-state index contributed by atoms with van der Waals surface area (Å²) in [7, 11) is 0. The molecule has 0 aliphatic carbocycles. The Hall–Kier alpha value is -3.05. The van der Waals surface area contributed by atoms with Gasteiger partial charge in [-0.1, -0.05) is 6.08 Å². The Kier molecular flexibility index (Phi) is 4.52. The highest BCUT2D eigenvalue weighted by Gasteiger charge is 2.30. The first kappa shape index (κ1) is 16.3. The second-order valence-corrected chi connectivity index (χ2v) is 5.72. The van der Waals surface area contributed by atoms with E-state index >= 15 is 0 Å². The predicted molar refractivity (Wildman–Crippen MR) is 89.5 cm³/mol. The first-order valence-electron chi connectivity index (χ1n) is 7.20. The molecule has 0 saturated heterocycles. The van der Waals surface area contributed by atoms with Crippen LogP contribution in [0.3, 0.4) is 0 Å². The van der Waals surface area contributed by atoms with Crippen LogP contribution in [-0.2, 0) is 0 Å². The number of hydrogen-bond donors (Lipinski definition) is 0. The number of aliphatic imine (C=N–C) groups is 1. The van der Waals surface area contributed by atoms with Crippen molar-refractivity contribution in [3.05, 3.63) is 48.1 Å². The van der Waals surface area contributed by atoms with Crippen LogP contribution in [0.1, 0.15) is 31.9 Å². The Morgan fingerprint density at radius 3 is 2.78 bits per heavy atom. The van der Waals surface area contributed by atoms with Gasteiger partial charge in [0.1, 0.15) is 17.2 Å². The SMILES string of the molecule is C=CCN(C1=CC(C)(C)Oc2ccc(C#N)cc21)/C(C)=N/C#N. The van der Waals surface area contributed by atoms with E-state index in [4.69, 9.17) is 15.3 Å². The second-order valence-electron chi connectivity index (χ2n) is 5.72. The quantitative estimate of drug-likeness (QED) is 0.371. The summed E-state index contributed by atoms with van der Waals surface area (Å²) in [6.07, 6.45) is 5.53. The van der Waals surface area contributed by atoms with Crippen LogP contribution in [-0.4, -0.2) is 22.9 Å². The average molecular weight is 306 g/mol. The van der Waals surface area contributed by atoms with Gasteiger partial charge in [0.15, 0.2) is 0 Å². The topological polar surface area (TPSA) is 72.4 Å². The highest BCUT2D eigenvalue weighted by Crippen LogP contribution is 2.38. The van der Waals surface area contributed by atoms with Gasteiger partial charge in [-0.05, 0) is 45.0 Å². The average Bonchev–Trinajstić information content (AvgIpc) is 2.51. The van der Waals surface area contributed by atoms with Gasteiger partial charge >= 0.3 is 0 Å². The normalized spacial score (nSPS) is 15.3. The third-order valence-electron chi connectivity index (χ3n) is 3.45. The van der Waals surface area contributed by atoms with Gasteiger partial charge in [0, 0.05) is 12.1 Å². The largest absolute Gasteiger partial charge is 0.483 e. The molecule has 1 aliphatic rings.